The van der Waals surface area contributed by atoms with Crippen LogP contribution >= 0.6 is 0 Å². The van der Waals surface area contributed by atoms with E-state index in [9.17, 15) is 8.78 Å². The van der Waals surface area contributed by atoms with Crippen molar-refractivity contribution in [3.8, 4) is 0 Å². The van der Waals surface area contributed by atoms with E-state index in [1.165, 1.54) is 12.1 Å². The Bertz CT molecular complexity index is 397. The molecule has 2 unspecified atom stereocenters. The lowest BCUT2D eigenvalue weighted by atomic mass is 10.0. The molecule has 0 radical (unpaired) electrons. The molecule has 1 aromatic rings. The molecule has 1 aromatic carbocycles. The van der Waals surface area contributed by atoms with Gasteiger partial charge in [-0.05, 0) is 33.0 Å². The van der Waals surface area contributed by atoms with Crippen molar-refractivity contribution in [1.29, 1.82) is 0 Å². The largest absolute Gasteiger partial charge is 0.309 e. The molecule has 0 bridgehead atoms. The van der Waals surface area contributed by atoms with E-state index in [0.717, 1.165) is 12.6 Å². The van der Waals surface area contributed by atoms with E-state index >= 15 is 0 Å². The molecule has 0 fully saturated rings. The van der Waals surface area contributed by atoms with Crippen LogP contribution in [0.2, 0.25) is 0 Å². The van der Waals surface area contributed by atoms with Crippen molar-refractivity contribution in [2.24, 2.45) is 5.92 Å². The zero-order valence-electron chi connectivity index (χ0n) is 12.4. The monoisotopic (exact) mass is 270 g/mol. The minimum atomic E-state index is -0.540. The fourth-order valence-electron chi connectivity index (χ4n) is 2.27. The Hall–Kier alpha value is -1.00. The van der Waals surface area contributed by atoms with Crippen LogP contribution in [0.3, 0.4) is 0 Å². The second kappa shape index (κ2) is 6.96. The van der Waals surface area contributed by atoms with Gasteiger partial charge in [-0.25, -0.2) is 8.78 Å². The van der Waals surface area contributed by atoms with Gasteiger partial charge >= 0.3 is 0 Å². The van der Waals surface area contributed by atoms with Crippen LogP contribution in [0.4, 0.5) is 8.78 Å². The maximum atomic E-state index is 13.7. The van der Waals surface area contributed by atoms with E-state index in [1.54, 1.807) is 0 Å². The van der Waals surface area contributed by atoms with Gasteiger partial charge in [0.05, 0.1) is 0 Å². The van der Waals surface area contributed by atoms with Crippen molar-refractivity contribution in [3.63, 3.8) is 0 Å². The van der Waals surface area contributed by atoms with Gasteiger partial charge in [0.1, 0.15) is 11.6 Å². The molecule has 4 heteroatoms. The molecular weight excluding hydrogens is 246 g/mol. The maximum Gasteiger partial charge on any atom is 0.130 e. The van der Waals surface area contributed by atoms with Crippen molar-refractivity contribution in [2.75, 3.05) is 20.6 Å². The summed E-state index contributed by atoms with van der Waals surface area (Å²) >= 11 is 0. The first-order valence-electron chi connectivity index (χ1n) is 6.67. The van der Waals surface area contributed by atoms with Gasteiger partial charge in [-0.15, -0.1) is 0 Å². The van der Waals surface area contributed by atoms with Gasteiger partial charge in [-0.3, -0.25) is 0 Å². The van der Waals surface area contributed by atoms with E-state index in [4.69, 9.17) is 0 Å². The van der Waals surface area contributed by atoms with Crippen LogP contribution in [0.15, 0.2) is 18.2 Å². The van der Waals surface area contributed by atoms with Crippen LogP contribution in [0.25, 0.3) is 0 Å². The molecule has 0 aliphatic carbocycles. The molecule has 0 spiro atoms. The maximum absolute atomic E-state index is 13.7. The van der Waals surface area contributed by atoms with Crippen molar-refractivity contribution < 1.29 is 8.78 Å². The Morgan fingerprint density at radius 3 is 2.26 bits per heavy atom. The first-order valence-corrected chi connectivity index (χ1v) is 6.67. The summed E-state index contributed by atoms with van der Waals surface area (Å²) in [6.07, 6.45) is 0. The van der Waals surface area contributed by atoms with Crippen LogP contribution in [-0.2, 0) is 0 Å². The molecule has 1 N–H and O–H groups in total. The normalized spacial score (nSPS) is 15.0. The minimum Gasteiger partial charge on any atom is -0.309 e. The van der Waals surface area contributed by atoms with Crippen LogP contribution in [-0.4, -0.2) is 31.6 Å². The average Bonchev–Trinajstić information content (AvgIpc) is 2.27. The lowest BCUT2D eigenvalue weighted by molar-refractivity contribution is 0.219. The number of halogens is 2. The number of nitrogens with zero attached hydrogens (tertiary/aromatic N) is 1. The SMILES string of the molecule is CC(NCC(C(C)C)N(C)C)c1ccc(F)cc1F. The molecule has 108 valence electrons. The van der Waals surface area contributed by atoms with E-state index < -0.39 is 11.6 Å². The van der Waals surface area contributed by atoms with Crippen molar-refractivity contribution >= 4 is 0 Å². The molecule has 19 heavy (non-hydrogen) atoms. The van der Waals surface area contributed by atoms with Gasteiger partial charge in [0.25, 0.3) is 0 Å². The number of rotatable bonds is 6. The quantitative estimate of drug-likeness (QED) is 0.854. The second-order valence-corrected chi connectivity index (χ2v) is 5.57. The first-order chi connectivity index (χ1) is 8.82. The number of benzene rings is 1. The van der Waals surface area contributed by atoms with E-state index in [0.29, 0.717) is 17.5 Å². The van der Waals surface area contributed by atoms with Crippen molar-refractivity contribution in [1.82, 2.24) is 10.2 Å². The van der Waals surface area contributed by atoms with Gasteiger partial charge in [0.2, 0.25) is 0 Å². The highest BCUT2D eigenvalue weighted by Gasteiger charge is 2.18. The zero-order chi connectivity index (χ0) is 14.6. The molecule has 2 nitrogen and oxygen atoms in total. The fraction of sp³-hybridized carbons (Fsp3) is 0.600. The molecule has 0 aliphatic heterocycles. The topological polar surface area (TPSA) is 15.3 Å². The van der Waals surface area contributed by atoms with Crippen molar-refractivity contribution in [2.45, 2.75) is 32.9 Å². The Kier molecular flexibility index (Phi) is 5.88. The third kappa shape index (κ3) is 4.55. The summed E-state index contributed by atoms with van der Waals surface area (Å²) in [7, 11) is 4.07. The lowest BCUT2D eigenvalue weighted by Crippen LogP contribution is -2.42. The number of nitrogens with one attached hydrogen (secondary N) is 1. The average molecular weight is 270 g/mol. The molecule has 0 saturated heterocycles. The van der Waals surface area contributed by atoms with E-state index in [1.807, 2.05) is 21.0 Å². The summed E-state index contributed by atoms with van der Waals surface area (Å²) in [5.41, 5.74) is 0.502. The highest BCUT2D eigenvalue weighted by molar-refractivity contribution is 5.21. The van der Waals surface area contributed by atoms with Gasteiger partial charge in [-0.2, -0.15) is 0 Å². The molecule has 2 atom stereocenters. The minimum absolute atomic E-state index is 0.137. The predicted molar refractivity (Wildman–Crippen MR) is 75.1 cm³/mol. The zero-order valence-corrected chi connectivity index (χ0v) is 12.4. The van der Waals surface area contributed by atoms with E-state index in [-0.39, 0.29) is 6.04 Å². The van der Waals surface area contributed by atoms with Gasteiger partial charge in [0.15, 0.2) is 0 Å². The summed E-state index contributed by atoms with van der Waals surface area (Å²) in [4.78, 5) is 2.16. The van der Waals surface area contributed by atoms with Gasteiger partial charge in [0, 0.05) is 30.3 Å². The van der Waals surface area contributed by atoms with Crippen LogP contribution < -0.4 is 5.32 Å². The van der Waals surface area contributed by atoms with Crippen LogP contribution in [0, 0.1) is 17.6 Å². The van der Waals surface area contributed by atoms with Crippen LogP contribution in [0.1, 0.15) is 32.4 Å². The predicted octanol–water partition coefficient (Wildman–Crippen LogP) is 3.20. The standard InChI is InChI=1S/C15H24F2N2/c1-10(2)15(19(4)5)9-18-11(3)13-7-6-12(16)8-14(13)17/h6-8,10-11,15,18H,9H2,1-5H3. The lowest BCUT2D eigenvalue weighted by Gasteiger charge is -2.29. The number of hydrogen-bond acceptors (Lipinski definition) is 2. The molecule has 0 amide bonds. The number of likely N-dealkylation sites (N-methyl/N-ethyl adjacent to an activating group) is 1. The Labute approximate surface area is 114 Å². The summed E-state index contributed by atoms with van der Waals surface area (Å²) < 4.78 is 26.5. The first kappa shape index (κ1) is 16.1. The Balaban J connectivity index is 2.66. The fourth-order valence-corrected chi connectivity index (χ4v) is 2.27. The molecule has 0 aliphatic rings. The number of hydrogen-bond donors (Lipinski definition) is 1. The highest BCUT2D eigenvalue weighted by atomic mass is 19.1. The molecule has 0 saturated carbocycles. The Morgan fingerprint density at radius 2 is 1.79 bits per heavy atom. The van der Waals surface area contributed by atoms with Crippen LogP contribution in [0.5, 0.6) is 0 Å². The van der Waals surface area contributed by atoms with Crippen molar-refractivity contribution in [3.05, 3.63) is 35.4 Å². The Morgan fingerprint density at radius 1 is 1.16 bits per heavy atom. The summed E-state index contributed by atoms with van der Waals surface area (Å²) in [5.74, 6) is -0.527. The van der Waals surface area contributed by atoms with Gasteiger partial charge in [-0.1, -0.05) is 19.9 Å². The molecule has 1 rings (SSSR count). The third-order valence-corrected chi connectivity index (χ3v) is 3.50. The molecule has 0 aromatic heterocycles. The second-order valence-electron chi connectivity index (χ2n) is 5.57. The smallest absolute Gasteiger partial charge is 0.130 e. The molecular formula is C15H24F2N2. The highest BCUT2D eigenvalue weighted by Crippen LogP contribution is 2.18. The van der Waals surface area contributed by atoms with E-state index in [2.05, 4.69) is 24.1 Å². The summed E-state index contributed by atoms with van der Waals surface area (Å²) in [5, 5.41) is 3.32. The summed E-state index contributed by atoms with van der Waals surface area (Å²) in [6, 6.07) is 3.97. The van der Waals surface area contributed by atoms with Gasteiger partial charge < -0.3 is 10.2 Å². The third-order valence-electron chi connectivity index (χ3n) is 3.50. The summed E-state index contributed by atoms with van der Waals surface area (Å²) in [6.45, 7) is 6.98. The molecule has 0 heterocycles.